The molecule has 0 fully saturated rings. The van der Waals surface area contributed by atoms with E-state index in [4.69, 9.17) is 0 Å². The minimum Gasteiger partial charge on any atom is -0.508 e. The highest BCUT2D eigenvalue weighted by molar-refractivity contribution is 7.80. The van der Waals surface area contributed by atoms with Crippen molar-refractivity contribution in [1.29, 1.82) is 0 Å². The van der Waals surface area contributed by atoms with Crippen LogP contribution in [0.1, 0.15) is 26.7 Å². The molecule has 2 aromatic carbocycles. The third-order valence-corrected chi connectivity index (χ3v) is 3.19. The van der Waals surface area contributed by atoms with Gasteiger partial charge in [-0.3, -0.25) is 4.79 Å². The number of thiol groups is 1. The number of hydrogen-bond donors (Lipinski definition) is 2. The van der Waals surface area contributed by atoms with E-state index >= 15 is 0 Å². The number of aromatic hydroxyl groups is 1. The molecule has 0 radical (unpaired) electrons. The van der Waals surface area contributed by atoms with Crippen LogP contribution in [0.4, 0.5) is 0 Å². The lowest BCUT2D eigenvalue weighted by atomic mass is 10.0. The Kier molecular flexibility index (Phi) is 3.49. The Morgan fingerprint density at radius 2 is 1.41 bits per heavy atom. The molecule has 86 valence electrons. The molecular weight excluding hydrogens is 232 g/mol. The summed E-state index contributed by atoms with van der Waals surface area (Å²) in [6.45, 7) is 0. The first-order valence-electron chi connectivity index (χ1n) is 5.23. The van der Waals surface area contributed by atoms with Crippen molar-refractivity contribution in [2.45, 2.75) is 5.25 Å². The second kappa shape index (κ2) is 5.06. The Labute approximate surface area is 105 Å². The fraction of sp³-hybridized carbons (Fsp3) is 0.0714. The van der Waals surface area contributed by atoms with Crippen LogP contribution in [0.25, 0.3) is 0 Å². The number of benzene rings is 2. The van der Waals surface area contributed by atoms with Gasteiger partial charge in [0.15, 0.2) is 0 Å². The molecule has 0 amide bonds. The van der Waals surface area contributed by atoms with Crippen molar-refractivity contribution in [1.82, 2.24) is 0 Å². The van der Waals surface area contributed by atoms with Crippen LogP contribution >= 0.6 is 12.6 Å². The summed E-state index contributed by atoms with van der Waals surface area (Å²) in [5, 5.41) is 9.15. The van der Waals surface area contributed by atoms with Gasteiger partial charge in [0, 0.05) is 5.56 Å². The first kappa shape index (κ1) is 11.7. The number of carbonyl (C=O) groups is 1. The molecule has 0 spiro atoms. The molecule has 2 aromatic rings. The van der Waals surface area contributed by atoms with Gasteiger partial charge in [-0.05, 0) is 23.3 Å². The smallest absolute Gasteiger partial charge is 0.150 e. The third-order valence-electron chi connectivity index (χ3n) is 2.60. The number of aldehydes is 1. The fourth-order valence-corrected chi connectivity index (χ4v) is 1.95. The van der Waals surface area contributed by atoms with Crippen LogP contribution in [0.15, 0.2) is 48.5 Å². The predicted molar refractivity (Wildman–Crippen MR) is 70.8 cm³/mol. The van der Waals surface area contributed by atoms with Crippen molar-refractivity contribution in [3.05, 3.63) is 65.2 Å². The Morgan fingerprint density at radius 1 is 0.941 bits per heavy atom. The minimum absolute atomic E-state index is 0.0590. The number of carbonyl (C=O) groups excluding carboxylic acids is 1. The highest BCUT2D eigenvalue weighted by Crippen LogP contribution is 2.29. The van der Waals surface area contributed by atoms with Gasteiger partial charge in [-0.2, -0.15) is 12.6 Å². The topological polar surface area (TPSA) is 37.3 Å². The average molecular weight is 244 g/mol. The van der Waals surface area contributed by atoms with Gasteiger partial charge in [0.2, 0.25) is 0 Å². The van der Waals surface area contributed by atoms with Gasteiger partial charge in [0.05, 0.1) is 5.25 Å². The number of phenols is 1. The van der Waals surface area contributed by atoms with Crippen LogP contribution in [0.5, 0.6) is 5.75 Å². The monoisotopic (exact) mass is 244 g/mol. The summed E-state index contributed by atoms with van der Waals surface area (Å²) >= 11 is 4.54. The lowest BCUT2D eigenvalue weighted by Crippen LogP contribution is -1.93. The van der Waals surface area contributed by atoms with Crippen LogP contribution in [-0.4, -0.2) is 11.4 Å². The largest absolute Gasteiger partial charge is 0.508 e. The van der Waals surface area contributed by atoms with E-state index < -0.39 is 0 Å². The number of phenolic OH excluding ortho intramolecular Hbond substituents is 1. The maximum Gasteiger partial charge on any atom is 0.150 e. The van der Waals surface area contributed by atoms with E-state index in [0.29, 0.717) is 5.56 Å². The van der Waals surface area contributed by atoms with Crippen molar-refractivity contribution in [3.63, 3.8) is 0 Å². The molecule has 0 bridgehead atoms. The summed E-state index contributed by atoms with van der Waals surface area (Å²) in [6, 6.07) is 14.2. The summed E-state index contributed by atoms with van der Waals surface area (Å²) in [6.07, 6.45) is 0.817. The van der Waals surface area contributed by atoms with Crippen molar-refractivity contribution < 1.29 is 9.90 Å². The van der Waals surface area contributed by atoms with E-state index in [2.05, 4.69) is 12.6 Å². The highest BCUT2D eigenvalue weighted by atomic mass is 32.1. The van der Waals surface area contributed by atoms with Crippen LogP contribution in [0, 0.1) is 0 Å². The van der Waals surface area contributed by atoms with E-state index in [-0.39, 0.29) is 11.0 Å². The predicted octanol–water partition coefficient (Wildman–Crippen LogP) is 3.22. The van der Waals surface area contributed by atoms with E-state index in [1.165, 1.54) is 0 Å². The van der Waals surface area contributed by atoms with Gasteiger partial charge in [-0.25, -0.2) is 0 Å². The van der Waals surface area contributed by atoms with Gasteiger partial charge in [-0.1, -0.05) is 36.4 Å². The van der Waals surface area contributed by atoms with Crippen molar-refractivity contribution >= 4 is 18.9 Å². The molecule has 2 nitrogen and oxygen atoms in total. The van der Waals surface area contributed by atoms with E-state index in [1.807, 2.05) is 24.3 Å². The first-order chi connectivity index (χ1) is 8.20. The zero-order valence-electron chi connectivity index (χ0n) is 9.08. The summed E-state index contributed by atoms with van der Waals surface area (Å²) in [5.41, 5.74) is 2.68. The minimum atomic E-state index is -0.0590. The van der Waals surface area contributed by atoms with Gasteiger partial charge < -0.3 is 5.11 Å². The zero-order valence-corrected chi connectivity index (χ0v) is 9.97. The maximum absolute atomic E-state index is 10.5. The second-order valence-corrected chi connectivity index (χ2v) is 4.29. The van der Waals surface area contributed by atoms with E-state index in [9.17, 15) is 9.90 Å². The molecule has 0 heterocycles. The Balaban J connectivity index is 2.26. The summed E-state index contributed by atoms with van der Waals surface area (Å²) < 4.78 is 0. The number of hydrogen-bond acceptors (Lipinski definition) is 3. The van der Waals surface area contributed by atoms with Crippen LogP contribution in [0.2, 0.25) is 0 Å². The van der Waals surface area contributed by atoms with Crippen LogP contribution in [-0.2, 0) is 0 Å². The third kappa shape index (κ3) is 2.68. The molecule has 0 aromatic heterocycles. The van der Waals surface area contributed by atoms with Crippen LogP contribution < -0.4 is 0 Å². The molecule has 0 saturated heterocycles. The second-order valence-electron chi connectivity index (χ2n) is 3.78. The molecule has 1 atom stereocenters. The first-order valence-corrected chi connectivity index (χ1v) is 5.74. The lowest BCUT2D eigenvalue weighted by molar-refractivity contribution is 0.112. The normalized spacial score (nSPS) is 12.1. The molecule has 0 aliphatic heterocycles. The van der Waals surface area contributed by atoms with Crippen molar-refractivity contribution in [2.75, 3.05) is 0 Å². The fourth-order valence-electron chi connectivity index (χ4n) is 1.61. The molecule has 1 unspecified atom stereocenters. The maximum atomic E-state index is 10.5. The van der Waals surface area contributed by atoms with Crippen LogP contribution in [0.3, 0.4) is 0 Å². The molecule has 17 heavy (non-hydrogen) atoms. The average Bonchev–Trinajstić information content (AvgIpc) is 2.39. The molecular formula is C14H12O2S. The molecule has 0 aliphatic carbocycles. The van der Waals surface area contributed by atoms with Crippen molar-refractivity contribution in [3.8, 4) is 5.75 Å². The van der Waals surface area contributed by atoms with Crippen molar-refractivity contribution in [2.24, 2.45) is 0 Å². The van der Waals surface area contributed by atoms with E-state index in [1.54, 1.807) is 24.3 Å². The van der Waals surface area contributed by atoms with Gasteiger partial charge in [0.25, 0.3) is 0 Å². The summed E-state index contributed by atoms with van der Waals surface area (Å²) in [5.74, 6) is 0.241. The Bertz CT molecular complexity index is 503. The van der Waals surface area contributed by atoms with Gasteiger partial charge >= 0.3 is 0 Å². The molecule has 0 aliphatic rings. The summed E-state index contributed by atoms with van der Waals surface area (Å²) in [4.78, 5) is 10.5. The zero-order chi connectivity index (χ0) is 12.3. The lowest BCUT2D eigenvalue weighted by Gasteiger charge is -2.11. The standard InChI is InChI=1S/C14H12O2S/c15-9-10-1-3-11(4-2-10)14(17)12-5-7-13(16)8-6-12/h1-9,14,16-17H. The summed E-state index contributed by atoms with van der Waals surface area (Å²) in [7, 11) is 0. The molecule has 0 saturated carbocycles. The molecule has 2 rings (SSSR count). The quantitative estimate of drug-likeness (QED) is 0.642. The van der Waals surface area contributed by atoms with Gasteiger partial charge in [0.1, 0.15) is 12.0 Å². The highest BCUT2D eigenvalue weighted by Gasteiger charge is 2.08. The SMILES string of the molecule is O=Cc1ccc(C(S)c2ccc(O)cc2)cc1. The Morgan fingerprint density at radius 3 is 1.88 bits per heavy atom. The number of rotatable bonds is 3. The van der Waals surface area contributed by atoms with E-state index in [0.717, 1.165) is 17.4 Å². The Hall–Kier alpha value is -1.74. The van der Waals surface area contributed by atoms with Gasteiger partial charge in [-0.15, -0.1) is 0 Å². The molecule has 1 N–H and O–H groups in total. The molecule has 3 heteroatoms.